The topological polar surface area (TPSA) is 67.2 Å². The Morgan fingerprint density at radius 1 is 1.04 bits per heavy atom. The van der Waals surface area contributed by atoms with Crippen molar-refractivity contribution in [3.8, 4) is 5.69 Å². The zero-order chi connectivity index (χ0) is 20.3. The summed E-state index contributed by atoms with van der Waals surface area (Å²) in [6.45, 7) is 4.21. The largest absolute Gasteiger partial charge is 0.355 e. The van der Waals surface area contributed by atoms with Crippen molar-refractivity contribution in [3.05, 3.63) is 82.7 Å². The van der Waals surface area contributed by atoms with Crippen molar-refractivity contribution in [1.82, 2.24) is 20.0 Å². The number of amides is 2. The molecule has 3 rings (SSSR count). The molecule has 2 aromatic carbocycles. The molecule has 0 fully saturated rings. The van der Waals surface area contributed by atoms with Crippen LogP contribution in [-0.2, 0) is 6.54 Å². The van der Waals surface area contributed by atoms with Crippen LogP contribution in [0.5, 0.6) is 0 Å². The fourth-order valence-corrected chi connectivity index (χ4v) is 3.22. The first-order valence-corrected chi connectivity index (χ1v) is 9.10. The lowest BCUT2D eigenvalue weighted by Gasteiger charge is -2.18. The molecule has 0 aliphatic heterocycles. The van der Waals surface area contributed by atoms with Crippen molar-refractivity contribution < 1.29 is 9.59 Å². The van der Waals surface area contributed by atoms with Crippen LogP contribution < -0.4 is 5.32 Å². The van der Waals surface area contributed by atoms with Crippen LogP contribution in [0.25, 0.3) is 5.69 Å². The van der Waals surface area contributed by atoms with Crippen molar-refractivity contribution in [2.75, 3.05) is 14.1 Å². The van der Waals surface area contributed by atoms with E-state index in [1.807, 2.05) is 56.3 Å². The van der Waals surface area contributed by atoms with E-state index in [1.54, 1.807) is 35.8 Å². The number of benzene rings is 2. The molecule has 2 amide bonds. The van der Waals surface area contributed by atoms with Gasteiger partial charge in [0.15, 0.2) is 0 Å². The smallest absolute Gasteiger partial charge is 0.257 e. The second kappa shape index (κ2) is 8.08. The minimum atomic E-state index is -0.129. The van der Waals surface area contributed by atoms with Gasteiger partial charge in [-0.25, -0.2) is 4.68 Å². The van der Waals surface area contributed by atoms with Gasteiger partial charge in [0.1, 0.15) is 0 Å². The predicted molar refractivity (Wildman–Crippen MR) is 109 cm³/mol. The molecule has 0 unspecified atom stereocenters. The molecule has 28 heavy (non-hydrogen) atoms. The van der Waals surface area contributed by atoms with Crippen molar-refractivity contribution in [2.45, 2.75) is 20.4 Å². The van der Waals surface area contributed by atoms with Crippen LogP contribution in [0.4, 0.5) is 0 Å². The van der Waals surface area contributed by atoms with Crippen LogP contribution in [0.2, 0.25) is 0 Å². The van der Waals surface area contributed by atoms with Gasteiger partial charge >= 0.3 is 0 Å². The molecule has 144 valence electrons. The van der Waals surface area contributed by atoms with Gasteiger partial charge in [-0.2, -0.15) is 5.10 Å². The molecule has 0 aliphatic rings. The summed E-state index contributed by atoms with van der Waals surface area (Å²) in [6.07, 6.45) is 0. The zero-order valence-corrected chi connectivity index (χ0v) is 16.6. The van der Waals surface area contributed by atoms with Crippen LogP contribution in [0.3, 0.4) is 0 Å². The summed E-state index contributed by atoms with van der Waals surface area (Å²) < 4.78 is 1.80. The van der Waals surface area contributed by atoms with Crippen LogP contribution in [0, 0.1) is 13.8 Å². The monoisotopic (exact) mass is 376 g/mol. The van der Waals surface area contributed by atoms with Gasteiger partial charge in [0, 0.05) is 26.2 Å². The van der Waals surface area contributed by atoms with Crippen molar-refractivity contribution >= 4 is 11.8 Å². The average molecular weight is 376 g/mol. The summed E-state index contributed by atoms with van der Waals surface area (Å²) in [4.78, 5) is 26.4. The molecule has 1 heterocycles. The Kier molecular flexibility index (Phi) is 5.59. The molecular weight excluding hydrogens is 352 g/mol. The third-order valence-corrected chi connectivity index (χ3v) is 4.72. The average Bonchev–Trinajstić information content (AvgIpc) is 3.02. The summed E-state index contributed by atoms with van der Waals surface area (Å²) in [7, 11) is 3.37. The highest BCUT2D eigenvalue weighted by atomic mass is 16.2. The molecule has 0 spiro atoms. The first-order valence-electron chi connectivity index (χ1n) is 9.10. The first-order chi connectivity index (χ1) is 13.4. The number of nitrogens with one attached hydrogen (secondary N) is 1. The first kappa shape index (κ1) is 19.4. The maximum absolute atomic E-state index is 13.1. The van der Waals surface area contributed by atoms with E-state index in [9.17, 15) is 9.59 Å². The van der Waals surface area contributed by atoms with Crippen molar-refractivity contribution in [3.63, 3.8) is 0 Å². The lowest BCUT2D eigenvalue weighted by molar-refractivity contribution is 0.0783. The SMILES string of the molecule is CNC(=O)c1ccc(CN(C)C(=O)c2c(C)nn(-c3ccccc3)c2C)cc1. The number of hydrogen-bond donors (Lipinski definition) is 1. The van der Waals surface area contributed by atoms with Crippen molar-refractivity contribution in [2.24, 2.45) is 0 Å². The summed E-state index contributed by atoms with van der Waals surface area (Å²) in [5.41, 5.74) is 4.61. The lowest BCUT2D eigenvalue weighted by atomic mass is 10.1. The van der Waals surface area contributed by atoms with E-state index in [4.69, 9.17) is 0 Å². The Morgan fingerprint density at radius 2 is 1.68 bits per heavy atom. The molecule has 3 aromatic rings. The number of nitrogens with zero attached hydrogens (tertiary/aromatic N) is 3. The van der Waals surface area contributed by atoms with Crippen LogP contribution in [0.15, 0.2) is 54.6 Å². The molecule has 6 heteroatoms. The summed E-state index contributed by atoms with van der Waals surface area (Å²) >= 11 is 0. The van der Waals surface area contributed by atoms with Gasteiger partial charge in [-0.1, -0.05) is 30.3 Å². The van der Waals surface area contributed by atoms with Crippen molar-refractivity contribution in [1.29, 1.82) is 0 Å². The van der Waals surface area contributed by atoms with E-state index in [2.05, 4.69) is 10.4 Å². The highest BCUT2D eigenvalue weighted by Gasteiger charge is 2.22. The molecule has 0 atom stereocenters. The van der Waals surface area contributed by atoms with Crippen LogP contribution >= 0.6 is 0 Å². The quantitative estimate of drug-likeness (QED) is 0.744. The minimum Gasteiger partial charge on any atom is -0.355 e. The number of aryl methyl sites for hydroxylation is 1. The van der Waals surface area contributed by atoms with Gasteiger partial charge in [-0.05, 0) is 43.7 Å². The molecule has 6 nitrogen and oxygen atoms in total. The lowest BCUT2D eigenvalue weighted by Crippen LogP contribution is -2.27. The molecule has 0 saturated carbocycles. The number of para-hydroxylation sites is 1. The third-order valence-electron chi connectivity index (χ3n) is 4.72. The number of aromatic nitrogens is 2. The van der Waals surface area contributed by atoms with E-state index in [-0.39, 0.29) is 11.8 Å². The maximum Gasteiger partial charge on any atom is 0.257 e. The number of carbonyl (C=O) groups excluding carboxylic acids is 2. The zero-order valence-electron chi connectivity index (χ0n) is 16.6. The van der Waals surface area contributed by atoms with Gasteiger partial charge < -0.3 is 10.2 Å². The van der Waals surface area contributed by atoms with Crippen LogP contribution in [-0.4, -0.2) is 40.6 Å². The Bertz CT molecular complexity index is 991. The fourth-order valence-electron chi connectivity index (χ4n) is 3.22. The Labute approximate surface area is 164 Å². The normalized spacial score (nSPS) is 10.6. The number of rotatable bonds is 5. The summed E-state index contributed by atoms with van der Waals surface area (Å²) in [5.74, 6) is -0.205. The molecule has 0 radical (unpaired) electrons. The van der Waals surface area contributed by atoms with Gasteiger partial charge in [0.2, 0.25) is 0 Å². The molecule has 0 saturated heterocycles. The highest BCUT2D eigenvalue weighted by Crippen LogP contribution is 2.20. The standard InChI is InChI=1S/C22H24N4O2/c1-15-20(16(2)26(24-15)19-8-6-5-7-9-19)22(28)25(4)14-17-10-12-18(13-11-17)21(27)23-3/h5-13H,14H2,1-4H3,(H,23,27). The fraction of sp³-hybridized carbons (Fsp3) is 0.227. The van der Waals surface area contributed by atoms with Crippen LogP contribution in [0.1, 0.15) is 37.7 Å². The van der Waals surface area contributed by atoms with Gasteiger partial charge in [-0.3, -0.25) is 9.59 Å². The minimum absolute atomic E-state index is 0.0763. The Morgan fingerprint density at radius 3 is 2.29 bits per heavy atom. The Balaban J connectivity index is 1.80. The number of carbonyl (C=O) groups is 2. The predicted octanol–water partition coefficient (Wildman–Crippen LogP) is 3.12. The molecule has 0 aliphatic carbocycles. The van der Waals surface area contributed by atoms with E-state index in [0.717, 1.165) is 16.9 Å². The second-order valence-electron chi connectivity index (χ2n) is 6.73. The maximum atomic E-state index is 13.1. The second-order valence-corrected chi connectivity index (χ2v) is 6.73. The molecular formula is C22H24N4O2. The van der Waals surface area contributed by atoms with Gasteiger partial charge in [0.05, 0.1) is 22.6 Å². The highest BCUT2D eigenvalue weighted by molar-refractivity contribution is 5.96. The van der Waals surface area contributed by atoms with E-state index >= 15 is 0 Å². The summed E-state index contributed by atoms with van der Waals surface area (Å²) in [5, 5.41) is 7.15. The van der Waals surface area contributed by atoms with E-state index in [0.29, 0.717) is 23.4 Å². The summed E-state index contributed by atoms with van der Waals surface area (Å²) in [6, 6.07) is 17.0. The molecule has 0 bridgehead atoms. The Hall–Kier alpha value is -3.41. The van der Waals surface area contributed by atoms with E-state index in [1.165, 1.54) is 0 Å². The third kappa shape index (κ3) is 3.81. The van der Waals surface area contributed by atoms with E-state index < -0.39 is 0 Å². The number of hydrogen-bond acceptors (Lipinski definition) is 3. The van der Waals surface area contributed by atoms with Gasteiger partial charge in [-0.15, -0.1) is 0 Å². The molecule has 1 aromatic heterocycles. The molecule has 1 N–H and O–H groups in total. The van der Waals surface area contributed by atoms with Gasteiger partial charge in [0.25, 0.3) is 11.8 Å².